The smallest absolute Gasteiger partial charge is 0.267 e. The van der Waals surface area contributed by atoms with E-state index < -0.39 is 15.8 Å². The van der Waals surface area contributed by atoms with Gasteiger partial charge >= 0.3 is 0 Å². The number of halogens is 1. The number of ether oxygens (including phenoxy) is 1. The van der Waals surface area contributed by atoms with Crippen LogP contribution in [0.2, 0.25) is 0 Å². The minimum absolute atomic E-state index is 0.0205. The Morgan fingerprint density at radius 2 is 1.84 bits per heavy atom. The van der Waals surface area contributed by atoms with Crippen LogP contribution in [-0.2, 0) is 10.0 Å². The van der Waals surface area contributed by atoms with Gasteiger partial charge in [-0.3, -0.25) is 4.72 Å². The van der Waals surface area contributed by atoms with Crippen LogP contribution in [0.4, 0.5) is 10.1 Å². The van der Waals surface area contributed by atoms with Crippen molar-refractivity contribution < 1.29 is 17.5 Å². The molecule has 4 aromatic rings. The molecular formula is C22H20BFN4O3S. The standard InChI is InChI=1S/C22H20BFN4O3S/c1-12-8-19(22(31-3)26-10-12)32(29,30)28-18-7-5-16(24)20(21(18)23)14-4-6-17-15(9-14)11-25-13(2)27-17/h4-11,28H,23H2,1-3H3. The number of nitrogens with one attached hydrogen (secondary N) is 1. The molecule has 0 aliphatic heterocycles. The molecule has 10 heteroatoms. The van der Waals surface area contributed by atoms with Gasteiger partial charge in [0, 0.05) is 29.0 Å². The molecule has 0 saturated heterocycles. The third-order valence-electron chi connectivity index (χ3n) is 5.09. The predicted molar refractivity (Wildman–Crippen MR) is 124 cm³/mol. The minimum Gasteiger partial charge on any atom is -0.480 e. The van der Waals surface area contributed by atoms with Crippen molar-refractivity contribution in [3.05, 3.63) is 66.0 Å². The van der Waals surface area contributed by atoms with Gasteiger partial charge in [0.15, 0.2) is 0 Å². The Bertz CT molecular complexity index is 1460. The number of pyridine rings is 1. The highest BCUT2D eigenvalue weighted by atomic mass is 32.2. The predicted octanol–water partition coefficient (Wildman–Crippen LogP) is 2.52. The van der Waals surface area contributed by atoms with Crippen LogP contribution < -0.4 is 14.9 Å². The first-order valence-electron chi connectivity index (χ1n) is 9.76. The average Bonchev–Trinajstić information content (AvgIpc) is 2.76. The second kappa shape index (κ2) is 8.20. The van der Waals surface area contributed by atoms with Crippen LogP contribution in [0.3, 0.4) is 0 Å². The maximum atomic E-state index is 14.9. The van der Waals surface area contributed by atoms with E-state index in [4.69, 9.17) is 4.74 Å². The van der Waals surface area contributed by atoms with E-state index >= 15 is 0 Å². The zero-order chi connectivity index (χ0) is 23.0. The first-order valence-corrected chi connectivity index (χ1v) is 11.2. The normalized spacial score (nSPS) is 11.5. The third kappa shape index (κ3) is 4.01. The summed E-state index contributed by atoms with van der Waals surface area (Å²) in [5, 5.41) is 0.758. The lowest BCUT2D eigenvalue weighted by molar-refractivity contribution is 0.385. The number of aromatic nitrogens is 3. The molecule has 4 rings (SSSR count). The van der Waals surface area contributed by atoms with Gasteiger partial charge in [-0.05, 0) is 55.3 Å². The van der Waals surface area contributed by atoms with Crippen LogP contribution >= 0.6 is 0 Å². The SMILES string of the molecule is Bc1c(NS(=O)(=O)c2cc(C)cnc2OC)ccc(F)c1-c1ccc2nc(C)ncc2c1. The molecule has 0 radical (unpaired) electrons. The first-order chi connectivity index (χ1) is 15.2. The van der Waals surface area contributed by atoms with Gasteiger partial charge in [-0.25, -0.2) is 27.8 Å². The van der Waals surface area contributed by atoms with Gasteiger partial charge in [0.05, 0.1) is 12.6 Å². The van der Waals surface area contributed by atoms with E-state index in [-0.39, 0.29) is 16.5 Å². The molecule has 0 spiro atoms. The summed E-state index contributed by atoms with van der Waals surface area (Å²) in [7, 11) is -1.02. The summed E-state index contributed by atoms with van der Waals surface area (Å²) in [6.07, 6.45) is 3.20. The van der Waals surface area contributed by atoms with E-state index in [1.54, 1.807) is 46.1 Å². The summed E-state index contributed by atoms with van der Waals surface area (Å²) >= 11 is 0. The summed E-state index contributed by atoms with van der Waals surface area (Å²) in [4.78, 5) is 12.5. The number of methoxy groups -OCH3 is 1. The summed E-state index contributed by atoms with van der Waals surface area (Å²) in [6.45, 7) is 3.53. The van der Waals surface area contributed by atoms with Gasteiger partial charge in [0.25, 0.3) is 10.0 Å². The van der Waals surface area contributed by atoms with E-state index in [0.29, 0.717) is 28.0 Å². The molecule has 0 aliphatic rings. The lowest BCUT2D eigenvalue weighted by atomic mass is 9.85. The quantitative estimate of drug-likeness (QED) is 0.470. The number of rotatable bonds is 5. The van der Waals surface area contributed by atoms with Crippen LogP contribution in [0.25, 0.3) is 22.0 Å². The van der Waals surface area contributed by atoms with Crippen molar-refractivity contribution in [2.45, 2.75) is 18.7 Å². The van der Waals surface area contributed by atoms with Crippen molar-refractivity contribution in [1.82, 2.24) is 15.0 Å². The first kappa shape index (κ1) is 21.7. The maximum Gasteiger partial charge on any atom is 0.267 e. The second-order valence-electron chi connectivity index (χ2n) is 7.41. The molecule has 0 unspecified atom stereocenters. The van der Waals surface area contributed by atoms with Crippen molar-refractivity contribution in [3.8, 4) is 17.0 Å². The number of benzene rings is 2. The highest BCUT2D eigenvalue weighted by Crippen LogP contribution is 2.28. The number of hydrogen-bond acceptors (Lipinski definition) is 6. The van der Waals surface area contributed by atoms with Crippen LogP contribution in [-0.4, -0.2) is 38.3 Å². The molecule has 0 aliphatic carbocycles. The highest BCUT2D eigenvalue weighted by Gasteiger charge is 2.23. The Labute approximate surface area is 186 Å². The number of nitrogens with zero attached hydrogens (tertiary/aromatic N) is 3. The Morgan fingerprint density at radius 3 is 2.59 bits per heavy atom. The largest absolute Gasteiger partial charge is 0.480 e. The van der Waals surface area contributed by atoms with Gasteiger partial charge in [-0.1, -0.05) is 11.5 Å². The van der Waals surface area contributed by atoms with E-state index in [9.17, 15) is 12.8 Å². The second-order valence-corrected chi connectivity index (χ2v) is 9.06. The topological polar surface area (TPSA) is 94.1 Å². The molecule has 0 fully saturated rings. The van der Waals surface area contributed by atoms with Crippen LogP contribution in [0.1, 0.15) is 11.4 Å². The maximum absolute atomic E-state index is 14.9. The monoisotopic (exact) mass is 450 g/mol. The molecule has 1 N–H and O–H groups in total. The van der Waals surface area contributed by atoms with Crippen LogP contribution in [0.15, 0.2) is 53.7 Å². The number of hydrogen-bond donors (Lipinski definition) is 1. The molecule has 2 heterocycles. The van der Waals surface area contributed by atoms with Gasteiger partial charge < -0.3 is 4.74 Å². The molecule has 0 bridgehead atoms. The molecule has 2 aromatic heterocycles. The van der Waals surface area contributed by atoms with Crippen molar-refractivity contribution >= 4 is 39.9 Å². The Hall–Kier alpha value is -3.53. The number of sulfonamides is 1. The Morgan fingerprint density at radius 1 is 1.06 bits per heavy atom. The summed E-state index contributed by atoms with van der Waals surface area (Å²) in [6, 6.07) is 9.44. The zero-order valence-electron chi connectivity index (χ0n) is 18.0. The van der Waals surface area contributed by atoms with Crippen LogP contribution in [0, 0.1) is 19.7 Å². The van der Waals surface area contributed by atoms with Crippen molar-refractivity contribution in [2.24, 2.45) is 0 Å². The lowest BCUT2D eigenvalue weighted by Gasteiger charge is -2.16. The average molecular weight is 450 g/mol. The van der Waals surface area contributed by atoms with Gasteiger partial charge in [0.1, 0.15) is 24.4 Å². The van der Waals surface area contributed by atoms with Crippen molar-refractivity contribution in [3.63, 3.8) is 0 Å². The fourth-order valence-electron chi connectivity index (χ4n) is 3.50. The highest BCUT2D eigenvalue weighted by molar-refractivity contribution is 7.92. The molecule has 2 aromatic carbocycles. The van der Waals surface area contributed by atoms with E-state index in [0.717, 1.165) is 10.9 Å². The Balaban J connectivity index is 1.79. The summed E-state index contributed by atoms with van der Waals surface area (Å²) in [5.74, 6) is 0.158. The van der Waals surface area contributed by atoms with Gasteiger partial charge in [-0.15, -0.1) is 0 Å². The fourth-order valence-corrected chi connectivity index (χ4v) is 4.83. The molecule has 0 saturated carbocycles. The number of aryl methyl sites for hydroxylation is 2. The summed E-state index contributed by atoms with van der Waals surface area (Å²) < 4.78 is 48.7. The third-order valence-corrected chi connectivity index (χ3v) is 6.45. The van der Waals surface area contributed by atoms with E-state index in [1.165, 1.54) is 31.5 Å². The van der Waals surface area contributed by atoms with Gasteiger partial charge in [-0.2, -0.15) is 0 Å². The van der Waals surface area contributed by atoms with Crippen molar-refractivity contribution in [1.29, 1.82) is 0 Å². The molecular weight excluding hydrogens is 430 g/mol. The zero-order valence-corrected chi connectivity index (χ0v) is 18.8. The lowest BCUT2D eigenvalue weighted by Crippen LogP contribution is -2.22. The fraction of sp³-hybridized carbons (Fsp3) is 0.136. The number of fused-ring (bicyclic) bond motifs is 1. The van der Waals surface area contributed by atoms with E-state index in [1.807, 2.05) is 0 Å². The van der Waals surface area contributed by atoms with Crippen molar-refractivity contribution in [2.75, 3.05) is 11.8 Å². The molecule has 32 heavy (non-hydrogen) atoms. The van der Waals surface area contributed by atoms with Crippen LogP contribution in [0.5, 0.6) is 5.88 Å². The summed E-state index contributed by atoms with van der Waals surface area (Å²) in [5.41, 5.74) is 3.00. The minimum atomic E-state index is -4.03. The van der Waals surface area contributed by atoms with E-state index in [2.05, 4.69) is 19.7 Å². The number of anilines is 1. The molecule has 7 nitrogen and oxygen atoms in total. The Kier molecular flexibility index (Phi) is 5.56. The molecule has 0 amide bonds. The van der Waals surface area contributed by atoms with Gasteiger partial charge in [0.2, 0.25) is 5.88 Å². The molecule has 162 valence electrons. The molecule has 0 atom stereocenters.